The number of rotatable bonds is 5. The maximum Gasteiger partial charge on any atom is 0.258 e. The van der Waals surface area contributed by atoms with Gasteiger partial charge in [-0.25, -0.2) is 8.78 Å². The number of halogens is 2. The van der Waals surface area contributed by atoms with Gasteiger partial charge in [0.05, 0.1) is 12.5 Å². The van der Waals surface area contributed by atoms with Crippen LogP contribution in [0.5, 0.6) is 11.6 Å². The number of nitriles is 1. The van der Waals surface area contributed by atoms with E-state index in [1.54, 1.807) is 31.2 Å². The van der Waals surface area contributed by atoms with Crippen LogP contribution in [0.3, 0.4) is 0 Å². The summed E-state index contributed by atoms with van der Waals surface area (Å²) in [6.45, 7) is 2.23. The van der Waals surface area contributed by atoms with Crippen molar-refractivity contribution in [1.29, 1.82) is 5.26 Å². The Bertz CT molecular complexity index is 666. The molecular weight excluding hydrogens is 276 g/mol. The van der Waals surface area contributed by atoms with E-state index in [4.69, 9.17) is 10.00 Å². The van der Waals surface area contributed by atoms with Crippen molar-refractivity contribution in [1.82, 2.24) is 4.98 Å². The molecule has 0 saturated carbocycles. The third-order valence-corrected chi connectivity index (χ3v) is 2.66. The van der Waals surface area contributed by atoms with Crippen molar-refractivity contribution in [2.75, 3.05) is 11.9 Å². The van der Waals surface area contributed by atoms with Gasteiger partial charge in [-0.2, -0.15) is 10.2 Å². The highest BCUT2D eigenvalue weighted by Crippen LogP contribution is 2.26. The Morgan fingerprint density at radius 1 is 1.24 bits per heavy atom. The summed E-state index contributed by atoms with van der Waals surface area (Å²) in [6, 6.07) is 9.36. The van der Waals surface area contributed by atoms with E-state index < -0.39 is 11.6 Å². The zero-order chi connectivity index (χ0) is 15.2. The first-order valence-electron chi connectivity index (χ1n) is 6.37. The van der Waals surface area contributed by atoms with E-state index in [9.17, 15) is 8.78 Å². The molecule has 1 heterocycles. The second-order valence-corrected chi connectivity index (χ2v) is 4.22. The van der Waals surface area contributed by atoms with Crippen LogP contribution in [-0.2, 0) is 6.42 Å². The van der Waals surface area contributed by atoms with Crippen LogP contribution in [0.1, 0.15) is 12.5 Å². The molecular formula is C15H13F2N3O. The monoisotopic (exact) mass is 289 g/mol. The Hall–Kier alpha value is -2.68. The summed E-state index contributed by atoms with van der Waals surface area (Å²) in [4.78, 5) is 3.78. The molecule has 0 atom stereocenters. The van der Waals surface area contributed by atoms with Gasteiger partial charge < -0.3 is 10.1 Å². The summed E-state index contributed by atoms with van der Waals surface area (Å²) < 4.78 is 32.4. The van der Waals surface area contributed by atoms with Gasteiger partial charge in [-0.1, -0.05) is 12.1 Å². The third kappa shape index (κ3) is 3.66. The maximum absolute atomic E-state index is 13.7. The van der Waals surface area contributed by atoms with Crippen LogP contribution in [-0.4, -0.2) is 11.5 Å². The molecule has 21 heavy (non-hydrogen) atoms. The van der Waals surface area contributed by atoms with Crippen molar-refractivity contribution in [3.05, 3.63) is 47.5 Å². The fourth-order valence-corrected chi connectivity index (χ4v) is 1.69. The third-order valence-electron chi connectivity index (χ3n) is 2.66. The highest BCUT2D eigenvalue weighted by atomic mass is 19.1. The normalized spacial score (nSPS) is 10.0. The lowest BCUT2D eigenvalue weighted by Crippen LogP contribution is -2.04. The summed E-state index contributed by atoms with van der Waals surface area (Å²) in [5.74, 6) is -1.66. The van der Waals surface area contributed by atoms with Crippen LogP contribution in [0.2, 0.25) is 0 Å². The Labute approximate surface area is 121 Å². The summed E-state index contributed by atoms with van der Waals surface area (Å²) in [5, 5.41) is 11.3. The van der Waals surface area contributed by atoms with Gasteiger partial charge in [0.1, 0.15) is 5.75 Å². The van der Waals surface area contributed by atoms with Crippen molar-refractivity contribution < 1.29 is 13.5 Å². The van der Waals surface area contributed by atoms with Gasteiger partial charge in [-0.3, -0.25) is 0 Å². The Morgan fingerprint density at radius 2 is 1.95 bits per heavy atom. The first-order valence-corrected chi connectivity index (χ1v) is 6.37. The lowest BCUT2D eigenvalue weighted by Gasteiger charge is -2.09. The predicted octanol–water partition coefficient (Wildman–Crippen LogP) is 3.65. The Kier molecular flexibility index (Phi) is 4.67. The lowest BCUT2D eigenvalue weighted by molar-refractivity contribution is 0.418. The van der Waals surface area contributed by atoms with Gasteiger partial charge in [0.25, 0.3) is 5.88 Å². The topological polar surface area (TPSA) is 57.9 Å². The number of pyridine rings is 1. The minimum absolute atomic E-state index is 0.0602. The largest absolute Gasteiger partial charge is 0.436 e. The molecule has 6 heteroatoms. The molecule has 108 valence electrons. The van der Waals surface area contributed by atoms with E-state index in [1.165, 1.54) is 0 Å². The average Bonchev–Trinajstić information content (AvgIpc) is 2.46. The van der Waals surface area contributed by atoms with Crippen molar-refractivity contribution in [2.24, 2.45) is 0 Å². The van der Waals surface area contributed by atoms with E-state index >= 15 is 0 Å². The number of ether oxygens (including phenoxy) is 1. The molecule has 1 N–H and O–H groups in total. The van der Waals surface area contributed by atoms with Crippen LogP contribution < -0.4 is 10.1 Å². The molecule has 1 aromatic heterocycles. The van der Waals surface area contributed by atoms with Crippen LogP contribution in [0.25, 0.3) is 0 Å². The fraction of sp³-hybridized carbons (Fsp3) is 0.200. The van der Waals surface area contributed by atoms with Gasteiger partial charge in [0, 0.05) is 12.6 Å². The lowest BCUT2D eigenvalue weighted by atomic mass is 10.2. The van der Waals surface area contributed by atoms with Gasteiger partial charge in [0.15, 0.2) is 17.5 Å². The Balaban J connectivity index is 2.22. The molecule has 0 amide bonds. The van der Waals surface area contributed by atoms with Crippen molar-refractivity contribution in [2.45, 2.75) is 13.3 Å². The average molecular weight is 289 g/mol. The number of anilines is 1. The second-order valence-electron chi connectivity index (χ2n) is 4.22. The quantitative estimate of drug-likeness (QED) is 0.912. The fourth-order valence-electron chi connectivity index (χ4n) is 1.69. The molecule has 0 aliphatic carbocycles. The van der Waals surface area contributed by atoms with E-state index in [-0.39, 0.29) is 18.1 Å². The van der Waals surface area contributed by atoms with E-state index in [0.717, 1.165) is 11.6 Å². The molecule has 1 aromatic carbocycles. The number of nitrogens with zero attached hydrogens (tertiary/aromatic N) is 2. The first-order chi connectivity index (χ1) is 10.1. The van der Waals surface area contributed by atoms with Gasteiger partial charge in [0.2, 0.25) is 0 Å². The van der Waals surface area contributed by atoms with Crippen molar-refractivity contribution in [3.63, 3.8) is 0 Å². The molecule has 0 radical (unpaired) electrons. The predicted molar refractivity (Wildman–Crippen MR) is 74.1 cm³/mol. The first kappa shape index (κ1) is 14.7. The standard InChI is InChI=1S/C15H13F2N3O/c1-2-19-14-12(16)9-13(17)15(20-14)21-11-5-3-10(4-6-11)7-8-18/h3-6,9H,2,7H2,1H3,(H,19,20). The minimum atomic E-state index is -0.879. The highest BCUT2D eigenvalue weighted by molar-refractivity contribution is 5.41. The summed E-state index contributed by atoms with van der Waals surface area (Å²) in [7, 11) is 0. The molecule has 0 saturated heterocycles. The van der Waals surface area contributed by atoms with Gasteiger partial charge >= 0.3 is 0 Å². The van der Waals surface area contributed by atoms with Crippen molar-refractivity contribution in [3.8, 4) is 17.7 Å². The zero-order valence-electron chi connectivity index (χ0n) is 11.4. The van der Waals surface area contributed by atoms with E-state index in [1.807, 2.05) is 6.07 Å². The summed E-state index contributed by atoms with van der Waals surface area (Å²) >= 11 is 0. The summed E-state index contributed by atoms with van der Waals surface area (Å²) in [6.07, 6.45) is 0.286. The SMILES string of the molecule is CCNc1nc(Oc2ccc(CC#N)cc2)c(F)cc1F. The van der Waals surface area contributed by atoms with Gasteiger partial charge in [-0.05, 0) is 24.6 Å². The summed E-state index contributed by atoms with van der Waals surface area (Å²) in [5.41, 5.74) is 0.825. The molecule has 2 rings (SSSR count). The van der Waals surface area contributed by atoms with Crippen molar-refractivity contribution >= 4 is 5.82 Å². The molecule has 0 aliphatic rings. The minimum Gasteiger partial charge on any atom is -0.436 e. The molecule has 0 unspecified atom stereocenters. The number of hydrogen-bond donors (Lipinski definition) is 1. The highest BCUT2D eigenvalue weighted by Gasteiger charge is 2.13. The molecule has 0 fully saturated rings. The van der Waals surface area contributed by atoms with Crippen LogP contribution >= 0.6 is 0 Å². The van der Waals surface area contributed by atoms with Crippen LogP contribution in [0, 0.1) is 23.0 Å². The van der Waals surface area contributed by atoms with Crippen LogP contribution in [0.4, 0.5) is 14.6 Å². The Morgan fingerprint density at radius 3 is 2.57 bits per heavy atom. The van der Waals surface area contributed by atoms with Gasteiger partial charge in [-0.15, -0.1) is 0 Å². The number of aromatic nitrogens is 1. The molecule has 2 aromatic rings. The molecule has 4 nitrogen and oxygen atoms in total. The number of hydrogen-bond acceptors (Lipinski definition) is 4. The van der Waals surface area contributed by atoms with E-state index in [2.05, 4.69) is 10.3 Å². The number of nitrogens with one attached hydrogen (secondary N) is 1. The maximum atomic E-state index is 13.7. The van der Waals surface area contributed by atoms with Crippen LogP contribution in [0.15, 0.2) is 30.3 Å². The number of benzene rings is 1. The molecule has 0 bridgehead atoms. The molecule has 0 spiro atoms. The second kappa shape index (κ2) is 6.66. The zero-order valence-corrected chi connectivity index (χ0v) is 11.4. The molecule has 0 aliphatic heterocycles. The smallest absolute Gasteiger partial charge is 0.258 e. The van der Waals surface area contributed by atoms with E-state index in [0.29, 0.717) is 12.3 Å².